The van der Waals surface area contributed by atoms with Gasteiger partial charge in [0.25, 0.3) is 0 Å². The van der Waals surface area contributed by atoms with Crippen LogP contribution in [-0.4, -0.2) is 39.7 Å². The molecule has 0 aromatic carbocycles. The van der Waals surface area contributed by atoms with Gasteiger partial charge in [0.1, 0.15) is 0 Å². The van der Waals surface area contributed by atoms with Crippen LogP contribution < -0.4 is 5.73 Å². The second-order valence-corrected chi connectivity index (χ2v) is 7.60. The third-order valence-corrected chi connectivity index (χ3v) is 4.07. The predicted octanol–water partition coefficient (Wildman–Crippen LogP) is 2.15. The van der Waals surface area contributed by atoms with E-state index in [1.807, 2.05) is 4.90 Å². The fourth-order valence-electron chi connectivity index (χ4n) is 2.93. The summed E-state index contributed by atoms with van der Waals surface area (Å²) in [7, 11) is 0. The Morgan fingerprint density at radius 3 is 2.76 bits per heavy atom. The van der Waals surface area contributed by atoms with Crippen molar-refractivity contribution in [1.82, 2.24) is 14.7 Å². The van der Waals surface area contributed by atoms with E-state index in [1.54, 1.807) is 17.1 Å². The molecule has 0 saturated carbocycles. The molecule has 5 nitrogen and oxygen atoms in total. The summed E-state index contributed by atoms with van der Waals surface area (Å²) in [5, 5.41) is 4.68. The van der Waals surface area contributed by atoms with Gasteiger partial charge in [0.05, 0.1) is 11.2 Å². The molecule has 118 valence electrons. The number of carbonyl (C=O) groups excluding carboxylic acids is 1. The number of nitrogens with zero attached hydrogens (tertiary/aromatic N) is 3. The zero-order chi connectivity index (χ0) is 15.6. The van der Waals surface area contributed by atoms with Crippen LogP contribution in [0.4, 0.5) is 0 Å². The Kier molecular flexibility index (Phi) is 4.94. The molecular formula is C15H25ClN4O. The Morgan fingerprint density at radius 1 is 1.48 bits per heavy atom. The van der Waals surface area contributed by atoms with Gasteiger partial charge in [-0.25, -0.2) is 0 Å². The minimum atomic E-state index is 0.0901. The number of aromatic nitrogens is 2. The zero-order valence-corrected chi connectivity index (χ0v) is 13.8. The van der Waals surface area contributed by atoms with Crippen molar-refractivity contribution < 1.29 is 4.79 Å². The molecule has 0 aliphatic carbocycles. The summed E-state index contributed by atoms with van der Waals surface area (Å²) in [6.07, 6.45) is 4.80. The molecule has 2 N–H and O–H groups in total. The van der Waals surface area contributed by atoms with Crippen molar-refractivity contribution in [1.29, 1.82) is 0 Å². The quantitative estimate of drug-likeness (QED) is 0.926. The first-order chi connectivity index (χ1) is 9.74. The maximum Gasteiger partial charge on any atom is 0.224 e. The zero-order valence-electron chi connectivity index (χ0n) is 13.1. The van der Waals surface area contributed by atoms with Crippen molar-refractivity contribution in [2.75, 3.05) is 13.1 Å². The van der Waals surface area contributed by atoms with Crippen LogP contribution in [0.5, 0.6) is 0 Å². The molecule has 1 saturated heterocycles. The summed E-state index contributed by atoms with van der Waals surface area (Å²) >= 11 is 5.81. The lowest BCUT2D eigenvalue weighted by molar-refractivity contribution is -0.130. The number of likely N-dealkylation sites (tertiary alicyclic amines) is 1. The molecule has 1 aliphatic rings. The highest BCUT2D eigenvalue weighted by molar-refractivity contribution is 6.30. The highest BCUT2D eigenvalue weighted by Gasteiger charge is 2.34. The normalized spacial score (nSPS) is 22.8. The number of hydrogen-bond donors (Lipinski definition) is 1. The van der Waals surface area contributed by atoms with Gasteiger partial charge in [0, 0.05) is 38.3 Å². The van der Waals surface area contributed by atoms with E-state index >= 15 is 0 Å². The second-order valence-electron chi connectivity index (χ2n) is 7.16. The largest absolute Gasteiger partial charge is 0.341 e. The van der Waals surface area contributed by atoms with Gasteiger partial charge in [-0.3, -0.25) is 9.48 Å². The van der Waals surface area contributed by atoms with Crippen LogP contribution >= 0.6 is 11.6 Å². The number of aryl methyl sites for hydroxylation is 1. The Bertz CT molecular complexity index is 494. The van der Waals surface area contributed by atoms with E-state index in [-0.39, 0.29) is 17.4 Å². The van der Waals surface area contributed by atoms with Crippen molar-refractivity contribution in [2.45, 2.75) is 46.2 Å². The third kappa shape index (κ3) is 4.71. The number of hydrogen-bond acceptors (Lipinski definition) is 3. The smallest absolute Gasteiger partial charge is 0.224 e. The summed E-state index contributed by atoms with van der Waals surface area (Å²) < 4.78 is 1.70. The summed E-state index contributed by atoms with van der Waals surface area (Å²) in [4.78, 5) is 14.2. The third-order valence-electron chi connectivity index (χ3n) is 3.88. The van der Waals surface area contributed by atoms with Gasteiger partial charge >= 0.3 is 0 Å². The lowest BCUT2D eigenvalue weighted by Crippen LogP contribution is -2.33. The van der Waals surface area contributed by atoms with Crippen LogP contribution in [0.3, 0.4) is 0 Å². The fourth-order valence-corrected chi connectivity index (χ4v) is 3.09. The minimum Gasteiger partial charge on any atom is -0.341 e. The van der Waals surface area contributed by atoms with Crippen molar-refractivity contribution in [2.24, 2.45) is 17.1 Å². The summed E-state index contributed by atoms with van der Waals surface area (Å²) in [5.74, 6) is 0.543. The monoisotopic (exact) mass is 312 g/mol. The van der Waals surface area contributed by atoms with Gasteiger partial charge in [-0.05, 0) is 17.8 Å². The first-order valence-corrected chi connectivity index (χ1v) is 7.84. The lowest BCUT2D eigenvalue weighted by atomic mass is 9.83. The predicted molar refractivity (Wildman–Crippen MR) is 84.0 cm³/mol. The van der Waals surface area contributed by atoms with Gasteiger partial charge in [0.15, 0.2) is 0 Å². The first kappa shape index (κ1) is 16.3. The van der Waals surface area contributed by atoms with Crippen LogP contribution in [0.15, 0.2) is 12.4 Å². The molecule has 1 amide bonds. The molecular weight excluding hydrogens is 288 g/mol. The van der Waals surface area contributed by atoms with Crippen molar-refractivity contribution >= 4 is 17.5 Å². The average Bonchev–Trinajstić information content (AvgIpc) is 2.92. The van der Waals surface area contributed by atoms with E-state index < -0.39 is 0 Å². The van der Waals surface area contributed by atoms with Crippen LogP contribution in [-0.2, 0) is 11.3 Å². The average molecular weight is 313 g/mol. The van der Waals surface area contributed by atoms with Crippen molar-refractivity contribution in [3.63, 3.8) is 0 Å². The highest BCUT2D eigenvalue weighted by atomic mass is 35.5. The standard InChI is InChI=1S/C15H25ClN4O/c1-15(2,3)6-11-8-19(10-13(11)17)14(21)4-5-20-9-12(16)7-18-20/h7,9,11,13H,4-6,8,10,17H2,1-3H3. The molecule has 6 heteroatoms. The Morgan fingerprint density at radius 2 is 2.19 bits per heavy atom. The molecule has 2 rings (SSSR count). The maximum absolute atomic E-state index is 12.3. The Balaban J connectivity index is 1.83. The molecule has 21 heavy (non-hydrogen) atoms. The highest BCUT2D eigenvalue weighted by Crippen LogP contribution is 2.30. The lowest BCUT2D eigenvalue weighted by Gasteiger charge is -2.24. The molecule has 0 radical (unpaired) electrons. The van der Waals surface area contributed by atoms with E-state index in [4.69, 9.17) is 17.3 Å². The van der Waals surface area contributed by atoms with Gasteiger partial charge < -0.3 is 10.6 Å². The van der Waals surface area contributed by atoms with Crippen LogP contribution in [0.1, 0.15) is 33.6 Å². The Labute approximate surface area is 131 Å². The molecule has 0 spiro atoms. The molecule has 1 fully saturated rings. The summed E-state index contributed by atoms with van der Waals surface area (Å²) in [6.45, 7) is 8.64. The summed E-state index contributed by atoms with van der Waals surface area (Å²) in [5.41, 5.74) is 6.44. The molecule has 1 aromatic heterocycles. The topological polar surface area (TPSA) is 64.2 Å². The molecule has 0 bridgehead atoms. The van der Waals surface area contributed by atoms with E-state index in [2.05, 4.69) is 25.9 Å². The number of carbonyl (C=O) groups is 1. The Hall–Kier alpha value is -1.07. The van der Waals surface area contributed by atoms with Crippen molar-refractivity contribution in [3.05, 3.63) is 17.4 Å². The van der Waals surface area contributed by atoms with E-state index in [0.717, 1.165) is 13.0 Å². The van der Waals surface area contributed by atoms with Gasteiger partial charge in [-0.2, -0.15) is 5.10 Å². The van der Waals surface area contributed by atoms with Crippen LogP contribution in [0, 0.1) is 11.3 Å². The molecule has 2 heterocycles. The second kappa shape index (κ2) is 6.36. The van der Waals surface area contributed by atoms with E-state index in [1.165, 1.54) is 0 Å². The SMILES string of the molecule is CC(C)(C)CC1CN(C(=O)CCn2cc(Cl)cn2)CC1N. The number of nitrogens with two attached hydrogens (primary N) is 1. The maximum atomic E-state index is 12.3. The fraction of sp³-hybridized carbons (Fsp3) is 0.733. The molecule has 2 atom stereocenters. The number of halogens is 1. The van der Waals surface area contributed by atoms with Crippen LogP contribution in [0.25, 0.3) is 0 Å². The number of amides is 1. The summed E-state index contributed by atoms with van der Waals surface area (Å²) in [6, 6.07) is 0.0901. The van der Waals surface area contributed by atoms with Gasteiger partial charge in [0.2, 0.25) is 5.91 Å². The van der Waals surface area contributed by atoms with E-state index in [9.17, 15) is 4.79 Å². The molecule has 1 aliphatic heterocycles. The first-order valence-electron chi connectivity index (χ1n) is 7.46. The van der Waals surface area contributed by atoms with E-state index in [0.29, 0.717) is 30.5 Å². The minimum absolute atomic E-state index is 0.0901. The molecule has 1 aromatic rings. The van der Waals surface area contributed by atoms with Crippen molar-refractivity contribution in [3.8, 4) is 0 Å². The number of rotatable bonds is 4. The molecule has 2 unspecified atom stereocenters. The van der Waals surface area contributed by atoms with Gasteiger partial charge in [-0.15, -0.1) is 0 Å². The van der Waals surface area contributed by atoms with Crippen LogP contribution in [0.2, 0.25) is 5.02 Å². The van der Waals surface area contributed by atoms with Gasteiger partial charge in [-0.1, -0.05) is 32.4 Å².